The van der Waals surface area contributed by atoms with Crippen LogP contribution in [0.3, 0.4) is 0 Å². The van der Waals surface area contributed by atoms with E-state index in [1.807, 2.05) is 0 Å². The predicted molar refractivity (Wildman–Crippen MR) is 24.0 cm³/mol. The van der Waals surface area contributed by atoms with Gasteiger partial charge in [-0.15, -0.1) is 0 Å². The van der Waals surface area contributed by atoms with E-state index in [-0.39, 0.29) is 0 Å². The molecule has 0 aromatic heterocycles. The van der Waals surface area contributed by atoms with Gasteiger partial charge in [-0.3, -0.25) is 0 Å². The number of halogens is 5. The fourth-order valence-electron chi connectivity index (χ4n) is 0.256. The Morgan fingerprint density at radius 1 is 1.09 bits per heavy atom. The number of hydrogen-bond donors (Lipinski definition) is 1. The number of rotatable bonds is 3. The molecule has 0 amide bonds. The van der Waals surface area contributed by atoms with Crippen molar-refractivity contribution in [2.75, 3.05) is 13.2 Å². The zero-order valence-electron chi connectivity index (χ0n) is 5.16. The fraction of sp³-hybridized carbons (Fsp3) is 1.00. The molecular formula is C4H5F5O2. The lowest BCUT2D eigenvalue weighted by atomic mass is 10.6. The number of ether oxygens (including phenoxy) is 1. The van der Waals surface area contributed by atoms with Gasteiger partial charge < -0.3 is 9.84 Å². The molecule has 0 radical (unpaired) electrons. The molecule has 1 N–H and O–H groups in total. The van der Waals surface area contributed by atoms with E-state index in [1.54, 1.807) is 0 Å². The Kier molecular flexibility index (Phi) is 3.18. The standard InChI is InChI=1S/C4H5F5O2/c5-3(6,7)4(8,9)11-2-1-10/h10H,1-2H2. The van der Waals surface area contributed by atoms with Crippen molar-refractivity contribution >= 4 is 0 Å². The average molecular weight is 180 g/mol. The lowest BCUT2D eigenvalue weighted by molar-refractivity contribution is -0.391. The molecule has 7 heteroatoms. The highest BCUT2D eigenvalue weighted by Gasteiger charge is 2.59. The fourth-order valence-corrected chi connectivity index (χ4v) is 0.256. The van der Waals surface area contributed by atoms with Gasteiger partial charge in [0.2, 0.25) is 0 Å². The van der Waals surface area contributed by atoms with Crippen LogP contribution in [0.1, 0.15) is 0 Å². The zero-order chi connectivity index (χ0) is 9.12. The van der Waals surface area contributed by atoms with Crippen LogP contribution in [0.25, 0.3) is 0 Å². The normalized spacial score (nSPS) is 13.6. The van der Waals surface area contributed by atoms with Gasteiger partial charge in [0, 0.05) is 0 Å². The Labute approximate surface area is 58.6 Å². The Morgan fingerprint density at radius 2 is 1.55 bits per heavy atom. The number of alkyl halides is 5. The van der Waals surface area contributed by atoms with Crippen LogP contribution in [-0.4, -0.2) is 30.6 Å². The molecule has 0 atom stereocenters. The summed E-state index contributed by atoms with van der Waals surface area (Å²) in [6, 6.07) is 0. The van der Waals surface area contributed by atoms with Crippen molar-refractivity contribution in [3.05, 3.63) is 0 Å². The van der Waals surface area contributed by atoms with Crippen molar-refractivity contribution < 1.29 is 31.8 Å². The second kappa shape index (κ2) is 3.31. The maximum absolute atomic E-state index is 11.7. The third-order valence-corrected chi connectivity index (χ3v) is 0.705. The Balaban J connectivity index is 4.00. The van der Waals surface area contributed by atoms with Crippen LogP contribution in [0.2, 0.25) is 0 Å². The molecule has 0 aliphatic rings. The molecule has 0 fully saturated rings. The first-order chi connectivity index (χ1) is 4.81. The van der Waals surface area contributed by atoms with E-state index < -0.39 is 25.5 Å². The predicted octanol–water partition coefficient (Wildman–Crippen LogP) is 1.15. The first kappa shape index (κ1) is 10.6. The molecule has 11 heavy (non-hydrogen) atoms. The summed E-state index contributed by atoms with van der Waals surface area (Å²) < 4.78 is 60.0. The second-order valence-corrected chi connectivity index (χ2v) is 1.59. The molecule has 0 unspecified atom stereocenters. The SMILES string of the molecule is OCCOC(F)(F)C(F)(F)F. The molecule has 2 nitrogen and oxygen atoms in total. The molecule has 0 rings (SSSR count). The van der Waals surface area contributed by atoms with Gasteiger partial charge in [-0.1, -0.05) is 0 Å². The van der Waals surface area contributed by atoms with E-state index in [0.29, 0.717) is 0 Å². The highest BCUT2D eigenvalue weighted by molar-refractivity contribution is 4.63. The number of hydrogen-bond acceptors (Lipinski definition) is 2. The Bertz CT molecular complexity index is 120. The highest BCUT2D eigenvalue weighted by atomic mass is 19.4. The van der Waals surface area contributed by atoms with Crippen molar-refractivity contribution in [2.45, 2.75) is 12.3 Å². The summed E-state index contributed by atoms with van der Waals surface area (Å²) in [6.45, 7) is -1.93. The van der Waals surface area contributed by atoms with Crippen LogP contribution < -0.4 is 0 Å². The van der Waals surface area contributed by atoms with Gasteiger partial charge in [-0.25, -0.2) is 0 Å². The quantitative estimate of drug-likeness (QED) is 0.660. The number of aliphatic hydroxyl groups is 1. The summed E-state index contributed by atoms with van der Waals surface area (Å²) in [5, 5.41) is 7.87. The van der Waals surface area contributed by atoms with E-state index in [9.17, 15) is 22.0 Å². The minimum absolute atomic E-state index is 0.883. The zero-order valence-corrected chi connectivity index (χ0v) is 5.16. The van der Waals surface area contributed by atoms with Gasteiger partial charge in [0.1, 0.15) is 0 Å². The topological polar surface area (TPSA) is 29.5 Å². The van der Waals surface area contributed by atoms with Crippen LogP contribution in [0.4, 0.5) is 22.0 Å². The molecule has 68 valence electrons. The van der Waals surface area contributed by atoms with Gasteiger partial charge in [0.05, 0.1) is 13.2 Å². The van der Waals surface area contributed by atoms with Crippen molar-refractivity contribution in [3.63, 3.8) is 0 Å². The molecule has 0 aliphatic carbocycles. The van der Waals surface area contributed by atoms with Crippen molar-refractivity contribution in [3.8, 4) is 0 Å². The smallest absolute Gasteiger partial charge is 0.394 e. The third kappa shape index (κ3) is 2.98. The lowest BCUT2D eigenvalue weighted by Gasteiger charge is -2.18. The summed E-state index contributed by atoms with van der Waals surface area (Å²) in [5.41, 5.74) is 0. The first-order valence-electron chi connectivity index (χ1n) is 2.50. The number of aliphatic hydroxyl groups excluding tert-OH is 1. The first-order valence-corrected chi connectivity index (χ1v) is 2.50. The Hall–Kier alpha value is -0.430. The van der Waals surface area contributed by atoms with E-state index in [2.05, 4.69) is 4.74 Å². The molecule has 0 spiro atoms. The van der Waals surface area contributed by atoms with Gasteiger partial charge in [-0.2, -0.15) is 22.0 Å². The minimum Gasteiger partial charge on any atom is -0.394 e. The average Bonchev–Trinajstić information content (AvgIpc) is 1.81. The molecular weight excluding hydrogens is 175 g/mol. The van der Waals surface area contributed by atoms with Crippen molar-refractivity contribution in [1.29, 1.82) is 0 Å². The van der Waals surface area contributed by atoms with Gasteiger partial charge in [0.15, 0.2) is 0 Å². The maximum atomic E-state index is 11.7. The van der Waals surface area contributed by atoms with Crippen LogP contribution in [0, 0.1) is 0 Å². The molecule has 0 aliphatic heterocycles. The maximum Gasteiger partial charge on any atom is 0.482 e. The van der Waals surface area contributed by atoms with Crippen LogP contribution in [0.15, 0.2) is 0 Å². The molecule has 0 aromatic carbocycles. The minimum atomic E-state index is -5.72. The molecule has 0 saturated carbocycles. The van der Waals surface area contributed by atoms with Crippen LogP contribution in [-0.2, 0) is 4.74 Å². The van der Waals surface area contributed by atoms with Crippen LogP contribution >= 0.6 is 0 Å². The largest absolute Gasteiger partial charge is 0.482 e. The Morgan fingerprint density at radius 3 is 1.82 bits per heavy atom. The lowest BCUT2D eigenvalue weighted by Crippen LogP contribution is -2.39. The highest BCUT2D eigenvalue weighted by Crippen LogP contribution is 2.35. The molecule has 0 heterocycles. The van der Waals surface area contributed by atoms with Gasteiger partial charge in [0.25, 0.3) is 0 Å². The van der Waals surface area contributed by atoms with Crippen LogP contribution in [0.5, 0.6) is 0 Å². The van der Waals surface area contributed by atoms with E-state index in [4.69, 9.17) is 5.11 Å². The van der Waals surface area contributed by atoms with Crippen molar-refractivity contribution in [1.82, 2.24) is 0 Å². The third-order valence-electron chi connectivity index (χ3n) is 0.705. The molecule has 0 saturated heterocycles. The molecule has 0 bridgehead atoms. The van der Waals surface area contributed by atoms with E-state index in [1.165, 1.54) is 0 Å². The van der Waals surface area contributed by atoms with E-state index in [0.717, 1.165) is 0 Å². The summed E-state index contributed by atoms with van der Waals surface area (Å²) in [7, 11) is 0. The summed E-state index contributed by atoms with van der Waals surface area (Å²) >= 11 is 0. The van der Waals surface area contributed by atoms with Gasteiger partial charge >= 0.3 is 12.3 Å². The monoisotopic (exact) mass is 180 g/mol. The summed E-state index contributed by atoms with van der Waals surface area (Å²) in [5.74, 6) is 0. The van der Waals surface area contributed by atoms with Crippen molar-refractivity contribution in [2.24, 2.45) is 0 Å². The second-order valence-electron chi connectivity index (χ2n) is 1.59. The summed E-state index contributed by atoms with van der Waals surface area (Å²) in [6.07, 6.45) is -10.9. The molecule has 0 aromatic rings. The van der Waals surface area contributed by atoms with Gasteiger partial charge in [-0.05, 0) is 0 Å². The van der Waals surface area contributed by atoms with E-state index >= 15 is 0 Å². The summed E-state index contributed by atoms with van der Waals surface area (Å²) in [4.78, 5) is 0.